The van der Waals surface area contributed by atoms with Crippen LogP contribution in [-0.2, 0) is 0 Å². The minimum atomic E-state index is -0.261. The molecule has 2 aromatic carbocycles. The molecule has 0 radical (unpaired) electrons. The van der Waals surface area contributed by atoms with E-state index in [1.807, 2.05) is 37.3 Å². The maximum atomic E-state index is 12.3. The molecule has 4 rings (SSSR count). The van der Waals surface area contributed by atoms with Crippen LogP contribution in [0.2, 0.25) is 0 Å². The lowest BCUT2D eigenvalue weighted by molar-refractivity contribution is 0.0962. The van der Waals surface area contributed by atoms with Crippen molar-refractivity contribution in [3.63, 3.8) is 0 Å². The molecule has 0 spiro atoms. The quantitative estimate of drug-likeness (QED) is 0.539. The van der Waals surface area contributed by atoms with Crippen LogP contribution in [0.4, 0.5) is 5.13 Å². The molecule has 0 aliphatic heterocycles. The molecule has 0 saturated heterocycles. The van der Waals surface area contributed by atoms with Crippen molar-refractivity contribution in [3.05, 3.63) is 52.5 Å². The number of aromatic nitrogens is 2. The molecular weight excluding hydrogens is 340 g/mol. The highest BCUT2D eigenvalue weighted by molar-refractivity contribution is 7.22. The molecule has 7 heteroatoms. The molecule has 0 aliphatic rings. The van der Waals surface area contributed by atoms with E-state index in [2.05, 4.69) is 33.8 Å². The number of thiazole rings is 2. The molecule has 1 amide bonds. The maximum absolute atomic E-state index is 12.3. The smallest absolute Gasteiger partial charge is 0.273 e. The second-order valence-electron chi connectivity index (χ2n) is 5.51. The molecule has 4 aromatic rings. The van der Waals surface area contributed by atoms with Gasteiger partial charge < -0.3 is 0 Å². The van der Waals surface area contributed by atoms with Crippen molar-refractivity contribution in [3.8, 4) is 0 Å². The van der Waals surface area contributed by atoms with E-state index in [4.69, 9.17) is 0 Å². The summed E-state index contributed by atoms with van der Waals surface area (Å²) in [5.74, 6) is -0.261. The fourth-order valence-electron chi connectivity index (χ4n) is 2.56. The van der Waals surface area contributed by atoms with Gasteiger partial charge in [-0.2, -0.15) is 0 Å². The molecule has 2 aromatic heterocycles. The number of hydrazine groups is 1. The second-order valence-corrected chi connectivity index (χ2v) is 7.54. The number of aryl methyl sites for hydroxylation is 2. The third-order valence-electron chi connectivity index (χ3n) is 3.59. The SMILES string of the molecule is Cc1cc(C)c2sc(NNC(=O)c3nc4ccccc4s3)nc2c1. The van der Waals surface area contributed by atoms with Crippen molar-refractivity contribution in [2.24, 2.45) is 0 Å². The number of para-hydroxylation sites is 1. The molecule has 0 unspecified atom stereocenters. The first-order valence-corrected chi connectivity index (χ1v) is 9.03. The number of hydrogen-bond acceptors (Lipinski definition) is 6. The number of nitrogens with one attached hydrogen (secondary N) is 2. The Bertz CT molecular complexity index is 1030. The second kappa shape index (κ2) is 5.85. The number of carbonyl (C=O) groups excluding carboxylic acids is 1. The van der Waals surface area contributed by atoms with Crippen LogP contribution in [0.1, 0.15) is 20.9 Å². The van der Waals surface area contributed by atoms with Crippen LogP contribution >= 0.6 is 22.7 Å². The van der Waals surface area contributed by atoms with E-state index in [1.54, 1.807) is 0 Å². The molecule has 2 heterocycles. The summed E-state index contributed by atoms with van der Waals surface area (Å²) in [5, 5.41) is 1.09. The van der Waals surface area contributed by atoms with Crippen LogP contribution in [0.15, 0.2) is 36.4 Å². The van der Waals surface area contributed by atoms with Crippen LogP contribution < -0.4 is 10.9 Å². The largest absolute Gasteiger partial charge is 0.298 e. The maximum Gasteiger partial charge on any atom is 0.298 e. The first kappa shape index (κ1) is 15.0. The summed E-state index contributed by atoms with van der Waals surface area (Å²) in [6, 6.07) is 11.9. The van der Waals surface area contributed by atoms with Gasteiger partial charge in [0.2, 0.25) is 5.13 Å². The van der Waals surface area contributed by atoms with E-state index in [1.165, 1.54) is 33.8 Å². The van der Waals surface area contributed by atoms with E-state index in [-0.39, 0.29) is 5.91 Å². The lowest BCUT2D eigenvalue weighted by Gasteiger charge is -2.02. The van der Waals surface area contributed by atoms with Gasteiger partial charge in [0.15, 0.2) is 5.01 Å². The van der Waals surface area contributed by atoms with Crippen LogP contribution in [0, 0.1) is 13.8 Å². The topological polar surface area (TPSA) is 66.9 Å². The van der Waals surface area contributed by atoms with E-state index < -0.39 is 0 Å². The predicted molar refractivity (Wildman–Crippen MR) is 99.8 cm³/mol. The Labute approximate surface area is 146 Å². The van der Waals surface area contributed by atoms with Crippen LogP contribution in [0.25, 0.3) is 20.4 Å². The van der Waals surface area contributed by atoms with Gasteiger partial charge in [-0.15, -0.1) is 11.3 Å². The third-order valence-corrected chi connectivity index (χ3v) is 5.75. The number of hydrogen-bond donors (Lipinski definition) is 2. The Morgan fingerprint density at radius 2 is 1.88 bits per heavy atom. The average Bonchev–Trinajstić information content (AvgIpc) is 3.16. The van der Waals surface area contributed by atoms with Gasteiger partial charge in [0.1, 0.15) is 0 Å². The van der Waals surface area contributed by atoms with E-state index in [9.17, 15) is 4.79 Å². The highest BCUT2D eigenvalue weighted by Crippen LogP contribution is 2.29. The zero-order valence-electron chi connectivity index (χ0n) is 13.1. The van der Waals surface area contributed by atoms with Gasteiger partial charge in [-0.1, -0.05) is 29.5 Å². The number of carbonyl (C=O) groups is 1. The van der Waals surface area contributed by atoms with Gasteiger partial charge in [0.25, 0.3) is 5.91 Å². The zero-order valence-corrected chi connectivity index (χ0v) is 14.7. The molecule has 0 aliphatic carbocycles. The van der Waals surface area contributed by atoms with E-state index in [0.717, 1.165) is 20.4 Å². The third kappa shape index (κ3) is 2.72. The number of rotatable bonds is 3. The lowest BCUT2D eigenvalue weighted by Crippen LogP contribution is -2.29. The van der Waals surface area contributed by atoms with Crippen molar-refractivity contribution in [1.29, 1.82) is 0 Å². The number of anilines is 1. The molecule has 120 valence electrons. The van der Waals surface area contributed by atoms with Crippen molar-refractivity contribution in [1.82, 2.24) is 15.4 Å². The lowest BCUT2D eigenvalue weighted by atomic mass is 10.1. The van der Waals surface area contributed by atoms with Crippen LogP contribution in [-0.4, -0.2) is 15.9 Å². The monoisotopic (exact) mass is 354 g/mol. The Kier molecular flexibility index (Phi) is 3.66. The highest BCUT2D eigenvalue weighted by Gasteiger charge is 2.13. The van der Waals surface area contributed by atoms with Crippen molar-refractivity contribution in [2.75, 3.05) is 5.43 Å². The molecule has 0 atom stereocenters. The molecule has 0 fully saturated rings. The molecule has 24 heavy (non-hydrogen) atoms. The van der Waals surface area contributed by atoms with Gasteiger partial charge in [0.05, 0.1) is 20.4 Å². The highest BCUT2D eigenvalue weighted by atomic mass is 32.1. The summed E-state index contributed by atoms with van der Waals surface area (Å²) in [7, 11) is 0. The minimum Gasteiger partial charge on any atom is -0.273 e. The van der Waals surface area contributed by atoms with Gasteiger partial charge in [-0.3, -0.25) is 15.6 Å². The van der Waals surface area contributed by atoms with Crippen molar-refractivity contribution < 1.29 is 4.79 Å². The van der Waals surface area contributed by atoms with Crippen LogP contribution in [0.3, 0.4) is 0 Å². The molecule has 5 nitrogen and oxygen atoms in total. The summed E-state index contributed by atoms with van der Waals surface area (Å²) in [6.45, 7) is 4.12. The van der Waals surface area contributed by atoms with E-state index in [0.29, 0.717) is 10.1 Å². The molecule has 0 saturated carbocycles. The molecular formula is C17H14N4OS2. The predicted octanol–water partition coefficient (Wildman–Crippen LogP) is 4.28. The summed E-state index contributed by atoms with van der Waals surface area (Å²) >= 11 is 2.89. The van der Waals surface area contributed by atoms with Crippen molar-refractivity contribution >= 4 is 54.1 Å². The van der Waals surface area contributed by atoms with E-state index >= 15 is 0 Å². The fraction of sp³-hybridized carbons (Fsp3) is 0.118. The van der Waals surface area contributed by atoms with Crippen molar-refractivity contribution in [2.45, 2.75) is 13.8 Å². The summed E-state index contributed by atoms with van der Waals surface area (Å²) in [6.07, 6.45) is 0. The first-order chi connectivity index (χ1) is 11.6. The minimum absolute atomic E-state index is 0.261. The van der Waals surface area contributed by atoms with Gasteiger partial charge in [-0.25, -0.2) is 9.97 Å². The summed E-state index contributed by atoms with van der Waals surface area (Å²) < 4.78 is 2.12. The van der Waals surface area contributed by atoms with Crippen LogP contribution in [0.5, 0.6) is 0 Å². The summed E-state index contributed by atoms with van der Waals surface area (Å²) in [4.78, 5) is 21.1. The molecule has 2 N–H and O–H groups in total. The van der Waals surface area contributed by atoms with Gasteiger partial charge in [-0.05, 0) is 43.2 Å². The Balaban J connectivity index is 1.53. The number of fused-ring (bicyclic) bond motifs is 2. The molecule has 0 bridgehead atoms. The number of amides is 1. The Morgan fingerprint density at radius 3 is 2.71 bits per heavy atom. The number of benzene rings is 2. The van der Waals surface area contributed by atoms with Gasteiger partial charge >= 0.3 is 0 Å². The van der Waals surface area contributed by atoms with Gasteiger partial charge in [0, 0.05) is 0 Å². The fourth-order valence-corrected chi connectivity index (χ4v) is 4.29. The average molecular weight is 354 g/mol. The normalized spacial score (nSPS) is 11.1. The Morgan fingerprint density at radius 1 is 1.04 bits per heavy atom. The summed E-state index contributed by atoms with van der Waals surface area (Å²) in [5.41, 5.74) is 9.71. The zero-order chi connectivity index (χ0) is 16.7. The first-order valence-electron chi connectivity index (χ1n) is 7.40. The Hall–Kier alpha value is -2.51. The number of nitrogens with zero attached hydrogens (tertiary/aromatic N) is 2. The standard InChI is InChI=1S/C17H14N4OS2/c1-9-7-10(2)14-12(8-9)19-17(24-14)21-20-15(22)16-18-11-5-3-4-6-13(11)23-16/h3-8H,1-2H3,(H,19,21)(H,20,22).